The number of carboxylic acids is 1. The molecule has 0 heterocycles. The van der Waals surface area contributed by atoms with Gasteiger partial charge < -0.3 is 44.0 Å². The average molecular weight is 459 g/mol. The fraction of sp³-hybridized carbons (Fsp3) is 0.737. The van der Waals surface area contributed by atoms with Crippen molar-refractivity contribution in [2.24, 2.45) is 33.8 Å². The van der Waals surface area contributed by atoms with Crippen molar-refractivity contribution in [1.82, 2.24) is 16.0 Å². The second kappa shape index (κ2) is 15.8. The molecule has 0 radical (unpaired) electrons. The minimum Gasteiger partial charge on any atom is -0.480 e. The molecule has 0 spiro atoms. The Labute approximate surface area is 188 Å². The van der Waals surface area contributed by atoms with Crippen molar-refractivity contribution in [2.45, 2.75) is 64.1 Å². The fourth-order valence-corrected chi connectivity index (χ4v) is 2.85. The quantitative estimate of drug-likeness (QED) is 0.0681. The molecule has 3 atom stereocenters. The molecule has 13 heteroatoms. The van der Waals surface area contributed by atoms with E-state index >= 15 is 0 Å². The van der Waals surface area contributed by atoms with E-state index in [1.807, 2.05) is 13.8 Å². The van der Waals surface area contributed by atoms with E-state index in [4.69, 9.17) is 22.9 Å². The fourth-order valence-electron chi connectivity index (χ4n) is 2.85. The maximum absolute atomic E-state index is 12.8. The summed E-state index contributed by atoms with van der Waals surface area (Å²) >= 11 is 0. The van der Waals surface area contributed by atoms with Crippen LogP contribution < -0.4 is 38.9 Å². The molecule has 0 unspecified atom stereocenters. The molecule has 0 saturated heterocycles. The van der Waals surface area contributed by atoms with E-state index in [9.17, 15) is 24.3 Å². The first-order valence-corrected chi connectivity index (χ1v) is 10.6. The number of hydrogen-bond acceptors (Lipinski definition) is 7. The zero-order chi connectivity index (χ0) is 24.7. The third-order valence-electron chi connectivity index (χ3n) is 4.43. The first-order valence-electron chi connectivity index (χ1n) is 10.6. The molecule has 0 rings (SSSR count). The van der Waals surface area contributed by atoms with Gasteiger partial charge in [-0.15, -0.1) is 0 Å². The zero-order valence-corrected chi connectivity index (χ0v) is 18.8. The summed E-state index contributed by atoms with van der Waals surface area (Å²) in [5.74, 6) is -3.00. The Kier molecular flexibility index (Phi) is 14.4. The number of amides is 3. The molecule has 0 aliphatic heterocycles. The molecule has 0 saturated carbocycles. The standard InChI is InChI=1S/C19H38N8O5/c1-11(2)9-14(17(30)26-13(18(31)32)5-3-7-20)27-16(29)12(25-15(28)10-21)6-4-8-24-19(22)23/h11-14H,3-10,20-21H2,1-2H3,(H,25,28)(H,26,30)(H,27,29)(H,31,32)(H4,22,23,24)/t12-,13-,14-/m0/s1. The van der Waals surface area contributed by atoms with Gasteiger partial charge in [0.1, 0.15) is 18.1 Å². The first-order chi connectivity index (χ1) is 15.0. The molecule has 12 N–H and O–H groups in total. The molecule has 0 aliphatic rings. The van der Waals surface area contributed by atoms with Crippen LogP contribution in [0.5, 0.6) is 0 Å². The van der Waals surface area contributed by atoms with Gasteiger partial charge in [-0.25, -0.2) is 4.79 Å². The third-order valence-corrected chi connectivity index (χ3v) is 4.43. The van der Waals surface area contributed by atoms with Crippen molar-refractivity contribution in [3.63, 3.8) is 0 Å². The highest BCUT2D eigenvalue weighted by atomic mass is 16.4. The van der Waals surface area contributed by atoms with Crippen molar-refractivity contribution in [3.8, 4) is 0 Å². The van der Waals surface area contributed by atoms with Crippen LogP contribution in [0.1, 0.15) is 46.0 Å². The number of carboxylic acid groups (broad SMARTS) is 1. The Morgan fingerprint density at radius 2 is 1.44 bits per heavy atom. The number of rotatable bonds is 16. The molecule has 32 heavy (non-hydrogen) atoms. The molecule has 0 fully saturated rings. The van der Waals surface area contributed by atoms with E-state index in [0.717, 1.165) is 0 Å². The van der Waals surface area contributed by atoms with Crippen LogP contribution in [-0.4, -0.2) is 72.5 Å². The smallest absolute Gasteiger partial charge is 0.326 e. The molecule has 0 aliphatic carbocycles. The highest BCUT2D eigenvalue weighted by Gasteiger charge is 2.29. The topological polar surface area (TPSA) is 241 Å². The van der Waals surface area contributed by atoms with E-state index in [-0.39, 0.29) is 50.8 Å². The summed E-state index contributed by atoms with van der Waals surface area (Å²) < 4.78 is 0. The van der Waals surface area contributed by atoms with Crippen LogP contribution in [-0.2, 0) is 19.2 Å². The van der Waals surface area contributed by atoms with Crippen molar-refractivity contribution >= 4 is 29.7 Å². The highest BCUT2D eigenvalue weighted by molar-refractivity contribution is 5.93. The number of aliphatic imine (C=N–C) groups is 1. The number of guanidine groups is 1. The second-order valence-corrected chi connectivity index (χ2v) is 7.79. The van der Waals surface area contributed by atoms with Gasteiger partial charge >= 0.3 is 5.97 Å². The summed E-state index contributed by atoms with van der Waals surface area (Å²) in [6.07, 6.45) is 1.45. The second-order valence-electron chi connectivity index (χ2n) is 7.79. The molecule has 0 aromatic heterocycles. The van der Waals surface area contributed by atoms with Crippen LogP contribution in [0, 0.1) is 5.92 Å². The van der Waals surface area contributed by atoms with Gasteiger partial charge in [-0.2, -0.15) is 0 Å². The van der Waals surface area contributed by atoms with Crippen LogP contribution in [0.15, 0.2) is 4.99 Å². The van der Waals surface area contributed by atoms with E-state index in [0.29, 0.717) is 12.8 Å². The summed E-state index contributed by atoms with van der Waals surface area (Å²) in [5, 5.41) is 16.9. The van der Waals surface area contributed by atoms with E-state index in [1.165, 1.54) is 0 Å². The van der Waals surface area contributed by atoms with Crippen LogP contribution in [0.4, 0.5) is 0 Å². The lowest BCUT2D eigenvalue weighted by molar-refractivity contribution is -0.142. The van der Waals surface area contributed by atoms with Gasteiger partial charge in [-0.3, -0.25) is 19.4 Å². The molecule has 3 amide bonds. The molecule has 0 bridgehead atoms. The van der Waals surface area contributed by atoms with Crippen molar-refractivity contribution < 1.29 is 24.3 Å². The predicted molar refractivity (Wildman–Crippen MR) is 120 cm³/mol. The Bertz CT molecular complexity index is 652. The van der Waals surface area contributed by atoms with Crippen LogP contribution in [0.25, 0.3) is 0 Å². The van der Waals surface area contributed by atoms with Gasteiger partial charge in [0.05, 0.1) is 6.54 Å². The Morgan fingerprint density at radius 3 is 1.94 bits per heavy atom. The molecular formula is C19H38N8O5. The van der Waals surface area contributed by atoms with Crippen LogP contribution >= 0.6 is 0 Å². The van der Waals surface area contributed by atoms with E-state index < -0.39 is 41.8 Å². The Hall–Kier alpha value is -2.93. The summed E-state index contributed by atoms with van der Waals surface area (Å²) in [7, 11) is 0. The lowest BCUT2D eigenvalue weighted by atomic mass is 10.0. The Balaban J connectivity index is 5.33. The number of nitrogens with zero attached hydrogens (tertiary/aromatic N) is 1. The number of aliphatic carboxylic acids is 1. The minimum atomic E-state index is -1.19. The lowest BCUT2D eigenvalue weighted by Gasteiger charge is -2.25. The van der Waals surface area contributed by atoms with Gasteiger partial charge in [-0.05, 0) is 44.6 Å². The van der Waals surface area contributed by atoms with E-state index in [2.05, 4.69) is 20.9 Å². The third kappa shape index (κ3) is 12.7. The summed E-state index contributed by atoms with van der Waals surface area (Å²) in [4.78, 5) is 52.6. The van der Waals surface area contributed by atoms with Crippen LogP contribution in [0.2, 0.25) is 0 Å². The molecule has 0 aromatic rings. The lowest BCUT2D eigenvalue weighted by Crippen LogP contribution is -2.56. The SMILES string of the molecule is CC(C)C[C@H](NC(=O)[C@H](CCCN=C(N)N)NC(=O)CN)C(=O)N[C@@H](CCCN)C(=O)O. The zero-order valence-electron chi connectivity index (χ0n) is 18.8. The number of nitrogens with one attached hydrogen (secondary N) is 3. The van der Waals surface area contributed by atoms with Gasteiger partial charge in [0.25, 0.3) is 0 Å². The summed E-state index contributed by atoms with van der Waals surface area (Å²) in [6.45, 7) is 3.95. The minimum absolute atomic E-state index is 0.0253. The largest absolute Gasteiger partial charge is 0.480 e. The van der Waals surface area contributed by atoms with Gasteiger partial charge in [0.15, 0.2) is 5.96 Å². The monoisotopic (exact) mass is 458 g/mol. The first kappa shape index (κ1) is 29.1. The van der Waals surface area contributed by atoms with Crippen molar-refractivity contribution in [1.29, 1.82) is 0 Å². The van der Waals surface area contributed by atoms with Gasteiger partial charge in [0, 0.05) is 6.54 Å². The number of carbonyl (C=O) groups excluding carboxylic acids is 3. The van der Waals surface area contributed by atoms with Crippen LogP contribution in [0.3, 0.4) is 0 Å². The number of carbonyl (C=O) groups is 4. The normalized spacial score (nSPS) is 13.5. The molecule has 0 aromatic carbocycles. The predicted octanol–water partition coefficient (Wildman–Crippen LogP) is -2.68. The molecular weight excluding hydrogens is 420 g/mol. The van der Waals surface area contributed by atoms with Crippen molar-refractivity contribution in [2.75, 3.05) is 19.6 Å². The average Bonchev–Trinajstić information content (AvgIpc) is 2.71. The van der Waals surface area contributed by atoms with Gasteiger partial charge in [-0.1, -0.05) is 13.8 Å². The maximum Gasteiger partial charge on any atom is 0.326 e. The summed E-state index contributed by atoms with van der Waals surface area (Å²) in [5.41, 5.74) is 21.3. The van der Waals surface area contributed by atoms with E-state index in [1.54, 1.807) is 0 Å². The molecule has 13 nitrogen and oxygen atoms in total. The molecule has 184 valence electrons. The maximum atomic E-state index is 12.8. The summed E-state index contributed by atoms with van der Waals surface area (Å²) in [6, 6.07) is -3.07. The Morgan fingerprint density at radius 1 is 0.875 bits per heavy atom. The number of nitrogens with two attached hydrogens (primary N) is 4. The van der Waals surface area contributed by atoms with Gasteiger partial charge in [0.2, 0.25) is 17.7 Å². The van der Waals surface area contributed by atoms with Crippen molar-refractivity contribution in [3.05, 3.63) is 0 Å². The highest BCUT2D eigenvalue weighted by Crippen LogP contribution is 2.08. The number of hydrogen-bond donors (Lipinski definition) is 8.